The molecule has 3 heterocycles. The third kappa shape index (κ3) is 2.55. The van der Waals surface area contributed by atoms with Crippen LogP contribution in [0.25, 0.3) is 10.9 Å². The van der Waals surface area contributed by atoms with Gasteiger partial charge in [0.15, 0.2) is 0 Å². The van der Waals surface area contributed by atoms with Gasteiger partial charge in [-0.1, -0.05) is 48.5 Å². The number of fused-ring (bicyclic) bond motifs is 4. The lowest BCUT2D eigenvalue weighted by molar-refractivity contribution is -0.123. The number of carbonyl (C=O) groups excluding carboxylic acids is 1. The lowest BCUT2D eigenvalue weighted by Crippen LogP contribution is -2.43. The molecular weight excluding hydrogens is 334 g/mol. The Bertz CT molecular complexity index is 1030. The van der Waals surface area contributed by atoms with Gasteiger partial charge in [0.25, 0.3) is 0 Å². The Hall–Kier alpha value is -2.72. The normalized spacial score (nSPS) is 22.1. The second-order valence-electron chi connectivity index (χ2n) is 7.78. The summed E-state index contributed by atoms with van der Waals surface area (Å²) < 4.78 is 0. The van der Waals surface area contributed by atoms with Crippen LogP contribution in [0.2, 0.25) is 0 Å². The van der Waals surface area contributed by atoms with Gasteiger partial charge in [0.2, 0.25) is 5.91 Å². The molecule has 0 spiro atoms. The maximum atomic E-state index is 13.4. The molecule has 5 rings (SSSR count). The highest BCUT2D eigenvalue weighted by molar-refractivity contribution is 6.00. The number of aromatic nitrogens is 1. The zero-order valence-corrected chi connectivity index (χ0v) is 15.7. The molecule has 1 saturated heterocycles. The van der Waals surface area contributed by atoms with Crippen molar-refractivity contribution >= 4 is 22.6 Å². The first kappa shape index (κ1) is 16.5. The summed E-state index contributed by atoms with van der Waals surface area (Å²) in [6, 6.07) is 18.9. The molecule has 4 heteroatoms. The number of anilines is 1. The van der Waals surface area contributed by atoms with E-state index < -0.39 is 0 Å². The predicted molar refractivity (Wildman–Crippen MR) is 108 cm³/mol. The first-order valence-electron chi connectivity index (χ1n) is 9.59. The number of carbonyl (C=O) groups is 1. The van der Waals surface area contributed by atoms with E-state index in [0.29, 0.717) is 6.54 Å². The number of aryl methyl sites for hydroxylation is 1. The fourth-order valence-electron chi connectivity index (χ4n) is 4.67. The molecule has 2 atom stereocenters. The van der Waals surface area contributed by atoms with Gasteiger partial charge in [0, 0.05) is 17.0 Å². The van der Waals surface area contributed by atoms with Gasteiger partial charge in [0.1, 0.15) is 5.82 Å². The van der Waals surface area contributed by atoms with Crippen molar-refractivity contribution in [1.82, 2.24) is 9.88 Å². The largest absolute Gasteiger partial charge is 0.298 e. The van der Waals surface area contributed by atoms with Crippen LogP contribution in [0.4, 0.5) is 5.82 Å². The van der Waals surface area contributed by atoms with E-state index in [-0.39, 0.29) is 17.9 Å². The lowest BCUT2D eigenvalue weighted by atomic mass is 9.87. The van der Waals surface area contributed by atoms with Gasteiger partial charge in [-0.25, -0.2) is 4.98 Å². The second kappa shape index (κ2) is 6.17. The number of nitrogens with zero attached hydrogens (tertiary/aromatic N) is 3. The van der Waals surface area contributed by atoms with Gasteiger partial charge in [0.05, 0.1) is 18.0 Å². The van der Waals surface area contributed by atoms with Crippen molar-refractivity contribution in [3.63, 3.8) is 0 Å². The standard InChI is InChI=1S/C23H23N3O/c1-15-7-6-10-17-13-19-21-18(11-12-25(21)2)23(27)26(22(19)24-20(15)17)14-16-8-4-3-5-9-16/h3-10,13,18,21H,11-12,14H2,1-2H3/t18-,21+/m1/s1. The summed E-state index contributed by atoms with van der Waals surface area (Å²) in [5, 5.41) is 1.15. The zero-order valence-electron chi connectivity index (χ0n) is 15.7. The zero-order chi connectivity index (χ0) is 18.5. The molecule has 1 aromatic heterocycles. The Morgan fingerprint density at radius 2 is 1.93 bits per heavy atom. The fraction of sp³-hybridized carbons (Fsp3) is 0.304. The van der Waals surface area contributed by atoms with Crippen LogP contribution in [-0.2, 0) is 11.3 Å². The summed E-state index contributed by atoms with van der Waals surface area (Å²) in [6.07, 6.45) is 0.913. The number of para-hydroxylation sites is 1. The molecule has 0 bridgehead atoms. The van der Waals surface area contributed by atoms with Crippen LogP contribution < -0.4 is 4.90 Å². The summed E-state index contributed by atoms with van der Waals surface area (Å²) in [5.74, 6) is 1.07. The number of hydrogen-bond acceptors (Lipinski definition) is 3. The molecule has 0 N–H and O–H groups in total. The summed E-state index contributed by atoms with van der Waals surface area (Å²) in [4.78, 5) is 22.6. The molecule has 2 aromatic carbocycles. The van der Waals surface area contributed by atoms with E-state index in [9.17, 15) is 4.79 Å². The maximum Gasteiger partial charge on any atom is 0.233 e. The van der Waals surface area contributed by atoms with Crippen LogP contribution >= 0.6 is 0 Å². The van der Waals surface area contributed by atoms with E-state index in [1.54, 1.807) is 0 Å². The first-order valence-corrected chi connectivity index (χ1v) is 9.59. The molecule has 2 aliphatic rings. The van der Waals surface area contributed by atoms with E-state index in [2.05, 4.69) is 55.3 Å². The number of pyridine rings is 1. The third-order valence-corrected chi connectivity index (χ3v) is 6.05. The van der Waals surface area contributed by atoms with Crippen LogP contribution in [-0.4, -0.2) is 29.4 Å². The monoisotopic (exact) mass is 357 g/mol. The fourth-order valence-corrected chi connectivity index (χ4v) is 4.67. The molecule has 0 saturated carbocycles. The molecule has 4 nitrogen and oxygen atoms in total. The smallest absolute Gasteiger partial charge is 0.233 e. The topological polar surface area (TPSA) is 36.4 Å². The predicted octanol–water partition coefficient (Wildman–Crippen LogP) is 4.08. The summed E-state index contributed by atoms with van der Waals surface area (Å²) >= 11 is 0. The minimum atomic E-state index is 0.0234. The number of benzene rings is 2. The number of amides is 1. The molecule has 3 aromatic rings. The number of rotatable bonds is 2. The van der Waals surface area contributed by atoms with Crippen LogP contribution in [0, 0.1) is 12.8 Å². The van der Waals surface area contributed by atoms with E-state index in [1.807, 2.05) is 23.1 Å². The van der Waals surface area contributed by atoms with E-state index >= 15 is 0 Å². The quantitative estimate of drug-likeness (QED) is 0.693. The Kier molecular flexibility index (Phi) is 3.76. The highest BCUT2D eigenvalue weighted by Gasteiger charge is 2.46. The van der Waals surface area contributed by atoms with Crippen molar-refractivity contribution in [2.45, 2.75) is 25.9 Å². The van der Waals surface area contributed by atoms with Crippen molar-refractivity contribution in [3.8, 4) is 0 Å². The minimum Gasteiger partial charge on any atom is -0.298 e. The Labute approximate surface area is 159 Å². The lowest BCUT2D eigenvalue weighted by Gasteiger charge is -2.37. The van der Waals surface area contributed by atoms with Crippen molar-refractivity contribution < 1.29 is 4.79 Å². The van der Waals surface area contributed by atoms with Gasteiger partial charge in [-0.3, -0.25) is 14.6 Å². The summed E-state index contributed by atoms with van der Waals surface area (Å²) in [6.45, 7) is 3.61. The SMILES string of the molecule is Cc1cccc2cc3c(nc12)N(Cc1ccccc1)C(=O)[C@@H]1CCN(C)[C@H]31. The molecule has 0 unspecified atom stereocenters. The van der Waals surface area contributed by atoms with Gasteiger partial charge < -0.3 is 0 Å². The van der Waals surface area contributed by atoms with Gasteiger partial charge in [-0.05, 0) is 44.1 Å². The molecule has 136 valence electrons. The number of likely N-dealkylation sites (tertiary alicyclic amines) is 1. The minimum absolute atomic E-state index is 0.0234. The Morgan fingerprint density at radius 3 is 2.74 bits per heavy atom. The highest BCUT2D eigenvalue weighted by Crippen LogP contribution is 2.46. The molecule has 27 heavy (non-hydrogen) atoms. The second-order valence-corrected chi connectivity index (χ2v) is 7.78. The van der Waals surface area contributed by atoms with Crippen LogP contribution in [0.15, 0.2) is 54.6 Å². The number of hydrogen-bond donors (Lipinski definition) is 0. The van der Waals surface area contributed by atoms with Gasteiger partial charge in [-0.15, -0.1) is 0 Å². The van der Waals surface area contributed by atoms with Crippen LogP contribution in [0.5, 0.6) is 0 Å². The van der Waals surface area contributed by atoms with Crippen molar-refractivity contribution in [2.75, 3.05) is 18.5 Å². The Balaban J connectivity index is 1.71. The molecular formula is C23H23N3O. The van der Waals surface area contributed by atoms with Gasteiger partial charge >= 0.3 is 0 Å². The molecule has 0 radical (unpaired) electrons. The van der Waals surface area contributed by atoms with Crippen LogP contribution in [0.3, 0.4) is 0 Å². The average Bonchev–Trinajstić information content (AvgIpc) is 3.07. The van der Waals surface area contributed by atoms with Gasteiger partial charge in [-0.2, -0.15) is 0 Å². The van der Waals surface area contributed by atoms with Crippen molar-refractivity contribution in [1.29, 1.82) is 0 Å². The van der Waals surface area contributed by atoms with Crippen molar-refractivity contribution in [2.24, 2.45) is 5.92 Å². The van der Waals surface area contributed by atoms with Crippen molar-refractivity contribution in [3.05, 3.63) is 71.3 Å². The van der Waals surface area contributed by atoms with E-state index in [4.69, 9.17) is 4.98 Å². The Morgan fingerprint density at radius 1 is 1.11 bits per heavy atom. The third-order valence-electron chi connectivity index (χ3n) is 6.05. The highest BCUT2D eigenvalue weighted by atomic mass is 16.2. The van der Waals surface area contributed by atoms with E-state index in [0.717, 1.165) is 40.8 Å². The molecule has 1 amide bonds. The molecule has 0 aliphatic carbocycles. The van der Waals surface area contributed by atoms with Crippen LogP contribution in [0.1, 0.15) is 29.2 Å². The molecule has 1 fully saturated rings. The van der Waals surface area contributed by atoms with E-state index in [1.165, 1.54) is 5.56 Å². The summed E-state index contributed by atoms with van der Waals surface area (Å²) in [7, 11) is 2.12. The average molecular weight is 357 g/mol. The molecule has 2 aliphatic heterocycles. The summed E-state index contributed by atoms with van der Waals surface area (Å²) in [5.41, 5.74) is 4.45. The maximum absolute atomic E-state index is 13.4. The first-order chi connectivity index (χ1) is 13.1.